The quantitative estimate of drug-likeness (QED) is 0.763. The van der Waals surface area contributed by atoms with Gasteiger partial charge in [0, 0.05) is 37.9 Å². The van der Waals surface area contributed by atoms with Crippen molar-refractivity contribution in [2.75, 3.05) is 26.2 Å². The van der Waals surface area contributed by atoms with Crippen LogP contribution in [0.5, 0.6) is 0 Å². The molecule has 1 fully saturated rings. The van der Waals surface area contributed by atoms with E-state index in [4.69, 9.17) is 9.84 Å². The van der Waals surface area contributed by atoms with E-state index in [-0.39, 0.29) is 23.6 Å². The molecule has 1 saturated heterocycles. The molecular formula is C23H27N3O6. The van der Waals surface area contributed by atoms with Gasteiger partial charge in [-0.2, -0.15) is 0 Å². The van der Waals surface area contributed by atoms with E-state index in [1.54, 1.807) is 56.1 Å². The van der Waals surface area contributed by atoms with Gasteiger partial charge in [0.15, 0.2) is 0 Å². The lowest BCUT2D eigenvalue weighted by Gasteiger charge is -2.35. The maximum atomic E-state index is 12.9. The SMILES string of the molecule is CC(C)(C)OC(=O)N1CCN(CCn2cccc(-c3ccc(C(=O)O)cc3)c2=O)C(=O)C1. The monoisotopic (exact) mass is 441 g/mol. The van der Waals surface area contributed by atoms with Crippen molar-refractivity contribution in [2.45, 2.75) is 32.9 Å². The van der Waals surface area contributed by atoms with Gasteiger partial charge < -0.3 is 19.3 Å². The molecule has 1 aliphatic heterocycles. The molecule has 3 rings (SSSR count). The summed E-state index contributed by atoms with van der Waals surface area (Å²) in [5, 5.41) is 9.03. The number of hydrogen-bond donors (Lipinski definition) is 1. The number of ether oxygens (including phenoxy) is 1. The Morgan fingerprint density at radius 3 is 2.31 bits per heavy atom. The van der Waals surface area contributed by atoms with Gasteiger partial charge in [0.2, 0.25) is 5.91 Å². The second-order valence-electron chi connectivity index (χ2n) is 8.59. The minimum absolute atomic E-state index is 0.0558. The molecule has 1 aromatic heterocycles. The molecule has 1 N–H and O–H groups in total. The van der Waals surface area contributed by atoms with Crippen LogP contribution in [0.15, 0.2) is 47.4 Å². The van der Waals surface area contributed by atoms with Gasteiger partial charge in [0.1, 0.15) is 12.1 Å². The number of benzene rings is 1. The number of amides is 2. The Morgan fingerprint density at radius 2 is 1.72 bits per heavy atom. The summed E-state index contributed by atoms with van der Waals surface area (Å²) in [6, 6.07) is 9.53. The highest BCUT2D eigenvalue weighted by molar-refractivity contribution is 5.88. The molecule has 2 heterocycles. The first-order valence-electron chi connectivity index (χ1n) is 10.3. The fourth-order valence-electron chi connectivity index (χ4n) is 3.38. The predicted molar refractivity (Wildman–Crippen MR) is 117 cm³/mol. The van der Waals surface area contributed by atoms with Crippen LogP contribution in [0.4, 0.5) is 4.79 Å². The minimum Gasteiger partial charge on any atom is -0.478 e. The van der Waals surface area contributed by atoms with Gasteiger partial charge in [-0.05, 0) is 50.6 Å². The molecule has 0 bridgehead atoms. The lowest BCUT2D eigenvalue weighted by Crippen LogP contribution is -2.53. The maximum absolute atomic E-state index is 12.9. The first-order valence-corrected chi connectivity index (χ1v) is 10.3. The number of nitrogens with zero attached hydrogens (tertiary/aromatic N) is 3. The van der Waals surface area contributed by atoms with Crippen LogP contribution in [0, 0.1) is 0 Å². The van der Waals surface area contributed by atoms with Crippen molar-refractivity contribution in [3.63, 3.8) is 0 Å². The molecule has 9 heteroatoms. The Bertz CT molecular complexity index is 1070. The molecule has 0 aliphatic carbocycles. The average Bonchev–Trinajstić information content (AvgIpc) is 2.72. The molecule has 1 aliphatic rings. The molecule has 0 unspecified atom stereocenters. The number of hydrogen-bond acceptors (Lipinski definition) is 5. The smallest absolute Gasteiger partial charge is 0.410 e. The number of carbonyl (C=O) groups is 3. The van der Waals surface area contributed by atoms with Crippen molar-refractivity contribution < 1.29 is 24.2 Å². The predicted octanol–water partition coefficient (Wildman–Crippen LogP) is 2.29. The molecule has 9 nitrogen and oxygen atoms in total. The van der Waals surface area contributed by atoms with Gasteiger partial charge in [-0.3, -0.25) is 14.5 Å². The Morgan fingerprint density at radius 1 is 1.03 bits per heavy atom. The summed E-state index contributed by atoms with van der Waals surface area (Å²) >= 11 is 0. The van der Waals surface area contributed by atoms with Crippen LogP contribution in [0.1, 0.15) is 31.1 Å². The Hall–Kier alpha value is -3.62. The van der Waals surface area contributed by atoms with Crippen molar-refractivity contribution in [1.82, 2.24) is 14.4 Å². The summed E-state index contributed by atoms with van der Waals surface area (Å²) in [6.07, 6.45) is 1.14. The molecule has 0 radical (unpaired) electrons. The average molecular weight is 441 g/mol. The number of carboxylic acid groups (broad SMARTS) is 1. The van der Waals surface area contributed by atoms with E-state index >= 15 is 0 Å². The van der Waals surface area contributed by atoms with Gasteiger partial charge >= 0.3 is 12.1 Å². The van der Waals surface area contributed by atoms with Gasteiger partial charge in [-0.1, -0.05) is 12.1 Å². The number of carbonyl (C=O) groups excluding carboxylic acids is 2. The maximum Gasteiger partial charge on any atom is 0.410 e. The van der Waals surface area contributed by atoms with Crippen molar-refractivity contribution in [3.05, 3.63) is 58.5 Å². The number of rotatable bonds is 5. The zero-order valence-corrected chi connectivity index (χ0v) is 18.4. The first-order chi connectivity index (χ1) is 15.0. The highest BCUT2D eigenvalue weighted by Crippen LogP contribution is 2.16. The van der Waals surface area contributed by atoms with Gasteiger partial charge in [-0.25, -0.2) is 9.59 Å². The third kappa shape index (κ3) is 5.54. The normalized spacial score (nSPS) is 14.4. The van der Waals surface area contributed by atoms with Crippen LogP contribution >= 0.6 is 0 Å². The Balaban J connectivity index is 1.64. The Labute approximate surface area is 185 Å². The number of piperazine rings is 1. The molecule has 0 saturated carbocycles. The minimum atomic E-state index is -1.03. The third-order valence-corrected chi connectivity index (χ3v) is 5.04. The number of carboxylic acids is 1. The summed E-state index contributed by atoms with van der Waals surface area (Å²) in [5.74, 6) is -1.23. The standard InChI is InChI=1S/C23H27N3O6/c1-23(2,3)32-22(31)26-14-12-24(19(27)15-26)11-13-25-10-4-5-18(20(25)28)16-6-8-17(9-7-16)21(29)30/h4-10H,11-15H2,1-3H3,(H,29,30). The van der Waals surface area contributed by atoms with Crippen molar-refractivity contribution in [3.8, 4) is 11.1 Å². The number of aromatic carboxylic acids is 1. The summed E-state index contributed by atoms with van der Waals surface area (Å²) in [5.41, 5.74) is 0.364. The van der Waals surface area contributed by atoms with E-state index in [2.05, 4.69) is 0 Å². The van der Waals surface area contributed by atoms with Crippen LogP contribution in [-0.2, 0) is 16.1 Å². The third-order valence-electron chi connectivity index (χ3n) is 5.04. The topological polar surface area (TPSA) is 109 Å². The highest BCUT2D eigenvalue weighted by atomic mass is 16.6. The van der Waals surface area contributed by atoms with E-state index in [1.807, 2.05) is 0 Å². The number of pyridine rings is 1. The molecule has 0 atom stereocenters. The Kier molecular flexibility index (Phi) is 6.67. The van der Waals surface area contributed by atoms with Crippen LogP contribution in [-0.4, -0.2) is 69.2 Å². The largest absolute Gasteiger partial charge is 0.478 e. The van der Waals surface area contributed by atoms with E-state index in [0.29, 0.717) is 37.3 Å². The van der Waals surface area contributed by atoms with Crippen LogP contribution in [0.25, 0.3) is 11.1 Å². The van der Waals surface area contributed by atoms with Crippen molar-refractivity contribution in [2.24, 2.45) is 0 Å². The molecule has 32 heavy (non-hydrogen) atoms. The fraction of sp³-hybridized carbons (Fsp3) is 0.391. The second-order valence-corrected chi connectivity index (χ2v) is 8.59. The van der Waals surface area contributed by atoms with Gasteiger partial charge in [-0.15, -0.1) is 0 Å². The van der Waals surface area contributed by atoms with Crippen molar-refractivity contribution in [1.29, 1.82) is 0 Å². The molecule has 2 aromatic rings. The second kappa shape index (κ2) is 9.25. The van der Waals surface area contributed by atoms with Crippen LogP contribution < -0.4 is 5.56 Å². The molecular weight excluding hydrogens is 414 g/mol. The van der Waals surface area contributed by atoms with Gasteiger partial charge in [0.25, 0.3) is 5.56 Å². The lowest BCUT2D eigenvalue weighted by atomic mass is 10.1. The van der Waals surface area contributed by atoms with E-state index in [1.165, 1.54) is 21.6 Å². The highest BCUT2D eigenvalue weighted by Gasteiger charge is 2.30. The summed E-state index contributed by atoms with van der Waals surface area (Å²) in [4.78, 5) is 51.6. The molecule has 170 valence electrons. The van der Waals surface area contributed by atoms with E-state index in [0.717, 1.165) is 0 Å². The number of aromatic nitrogens is 1. The fourth-order valence-corrected chi connectivity index (χ4v) is 3.38. The zero-order valence-electron chi connectivity index (χ0n) is 18.4. The van der Waals surface area contributed by atoms with Crippen LogP contribution in [0.3, 0.4) is 0 Å². The summed E-state index contributed by atoms with van der Waals surface area (Å²) < 4.78 is 6.84. The summed E-state index contributed by atoms with van der Waals surface area (Å²) in [7, 11) is 0. The van der Waals surface area contributed by atoms with Crippen molar-refractivity contribution >= 4 is 18.0 Å². The van der Waals surface area contributed by atoms with Crippen LogP contribution in [0.2, 0.25) is 0 Å². The summed E-state index contributed by atoms with van der Waals surface area (Å²) in [6.45, 7) is 6.63. The van der Waals surface area contributed by atoms with Gasteiger partial charge in [0.05, 0.1) is 5.56 Å². The molecule has 0 spiro atoms. The van der Waals surface area contributed by atoms with E-state index < -0.39 is 17.7 Å². The lowest BCUT2D eigenvalue weighted by molar-refractivity contribution is -0.136. The molecule has 1 aromatic carbocycles. The van der Waals surface area contributed by atoms with E-state index in [9.17, 15) is 19.2 Å². The zero-order chi connectivity index (χ0) is 23.5. The molecule has 2 amide bonds. The first kappa shape index (κ1) is 23.1.